The molecule has 14 heavy (non-hydrogen) atoms. The molecule has 3 N–H and O–H groups in total. The summed E-state index contributed by atoms with van der Waals surface area (Å²) in [5, 5.41) is 2.50. The van der Waals surface area contributed by atoms with Crippen molar-refractivity contribution in [3.8, 4) is 0 Å². The number of nitrogens with zero attached hydrogens (tertiary/aromatic N) is 2. The number of halogens is 2. The summed E-state index contributed by atoms with van der Waals surface area (Å²) < 4.78 is 25.5. The lowest BCUT2D eigenvalue weighted by Gasteiger charge is -2.15. The summed E-state index contributed by atoms with van der Waals surface area (Å²) in [6.45, 7) is 0.484. The molecular weight excluding hydrogens is 190 g/mol. The second-order valence-corrected chi connectivity index (χ2v) is 2.90. The Morgan fingerprint density at radius 1 is 1.43 bits per heavy atom. The normalized spacial score (nSPS) is 11.4. The zero-order chi connectivity index (χ0) is 10.6. The van der Waals surface area contributed by atoms with Gasteiger partial charge in [0.2, 0.25) is 0 Å². The SMILES string of the molecule is Cc1nccnc1NCC(F)(F)CN. The highest BCUT2D eigenvalue weighted by atomic mass is 19.3. The fourth-order valence-electron chi connectivity index (χ4n) is 0.866. The van der Waals surface area contributed by atoms with Crippen molar-refractivity contribution in [2.45, 2.75) is 12.8 Å². The van der Waals surface area contributed by atoms with Gasteiger partial charge in [-0.15, -0.1) is 0 Å². The van der Waals surface area contributed by atoms with E-state index in [9.17, 15) is 8.78 Å². The number of anilines is 1. The van der Waals surface area contributed by atoms with Crippen LogP contribution in [-0.2, 0) is 0 Å². The van der Waals surface area contributed by atoms with Gasteiger partial charge in [-0.3, -0.25) is 4.98 Å². The van der Waals surface area contributed by atoms with Crippen LogP contribution in [0.15, 0.2) is 12.4 Å². The van der Waals surface area contributed by atoms with Gasteiger partial charge >= 0.3 is 0 Å². The number of rotatable bonds is 4. The molecule has 0 aliphatic carbocycles. The highest BCUT2D eigenvalue weighted by Crippen LogP contribution is 2.13. The van der Waals surface area contributed by atoms with Crippen molar-refractivity contribution in [3.05, 3.63) is 18.1 Å². The summed E-state index contributed by atoms with van der Waals surface area (Å²) in [6.07, 6.45) is 2.94. The maximum absolute atomic E-state index is 12.7. The largest absolute Gasteiger partial charge is 0.362 e. The summed E-state index contributed by atoms with van der Waals surface area (Å²) in [4.78, 5) is 7.77. The number of hydrogen-bond donors (Lipinski definition) is 2. The standard InChI is InChI=1S/C8H12F2N4/c1-6-7(13-3-2-12-6)14-5-8(9,10)4-11/h2-3H,4-5,11H2,1H3,(H,13,14). The predicted molar refractivity (Wildman–Crippen MR) is 49.3 cm³/mol. The minimum absolute atomic E-state index is 0.362. The van der Waals surface area contributed by atoms with Crippen molar-refractivity contribution in [3.63, 3.8) is 0 Å². The number of aryl methyl sites for hydroxylation is 1. The van der Waals surface area contributed by atoms with Crippen LogP contribution in [0.2, 0.25) is 0 Å². The lowest BCUT2D eigenvalue weighted by molar-refractivity contribution is 0.0253. The van der Waals surface area contributed by atoms with Crippen molar-refractivity contribution >= 4 is 5.82 Å². The molecule has 0 saturated heterocycles. The topological polar surface area (TPSA) is 63.8 Å². The first-order valence-electron chi connectivity index (χ1n) is 4.14. The number of alkyl halides is 2. The monoisotopic (exact) mass is 202 g/mol. The van der Waals surface area contributed by atoms with Crippen LogP contribution in [0.4, 0.5) is 14.6 Å². The van der Waals surface area contributed by atoms with Gasteiger partial charge in [0, 0.05) is 12.4 Å². The summed E-state index contributed by atoms with van der Waals surface area (Å²) >= 11 is 0. The Labute approximate surface area is 80.6 Å². The maximum atomic E-state index is 12.7. The molecule has 0 amide bonds. The average molecular weight is 202 g/mol. The predicted octanol–water partition coefficient (Wildman–Crippen LogP) is 0.791. The Hall–Kier alpha value is -1.30. The van der Waals surface area contributed by atoms with Gasteiger partial charge in [-0.2, -0.15) is 0 Å². The molecule has 1 aromatic rings. The molecule has 1 aromatic heterocycles. The molecule has 4 nitrogen and oxygen atoms in total. The molecule has 0 unspecified atom stereocenters. The van der Waals surface area contributed by atoms with E-state index < -0.39 is 19.0 Å². The molecule has 0 aromatic carbocycles. The van der Waals surface area contributed by atoms with Crippen LogP contribution in [0.3, 0.4) is 0 Å². The molecule has 0 saturated carbocycles. The van der Waals surface area contributed by atoms with Crippen LogP contribution >= 0.6 is 0 Å². The molecule has 0 spiro atoms. The minimum Gasteiger partial charge on any atom is -0.362 e. The molecule has 1 rings (SSSR count). The summed E-state index contributed by atoms with van der Waals surface area (Å²) in [5.41, 5.74) is 5.47. The maximum Gasteiger partial charge on any atom is 0.276 e. The first-order chi connectivity index (χ1) is 6.55. The number of aromatic nitrogens is 2. The Morgan fingerprint density at radius 2 is 2.07 bits per heavy atom. The molecule has 0 bridgehead atoms. The highest BCUT2D eigenvalue weighted by molar-refractivity contribution is 5.38. The van der Waals surface area contributed by atoms with E-state index in [0.717, 1.165) is 0 Å². The third-order valence-electron chi connectivity index (χ3n) is 1.69. The Morgan fingerprint density at radius 3 is 2.64 bits per heavy atom. The molecular formula is C8H12F2N4. The second kappa shape index (κ2) is 4.28. The lowest BCUT2D eigenvalue weighted by Crippen LogP contribution is -2.35. The van der Waals surface area contributed by atoms with Crippen LogP contribution in [0.1, 0.15) is 5.69 Å². The van der Waals surface area contributed by atoms with E-state index in [1.165, 1.54) is 12.4 Å². The van der Waals surface area contributed by atoms with Crippen molar-refractivity contribution in [2.75, 3.05) is 18.4 Å². The second-order valence-electron chi connectivity index (χ2n) is 2.90. The molecule has 0 radical (unpaired) electrons. The fraction of sp³-hybridized carbons (Fsp3) is 0.500. The minimum atomic E-state index is -2.91. The van der Waals surface area contributed by atoms with Gasteiger partial charge in [-0.1, -0.05) is 0 Å². The van der Waals surface area contributed by atoms with Gasteiger partial charge in [-0.25, -0.2) is 13.8 Å². The van der Waals surface area contributed by atoms with Gasteiger partial charge in [0.15, 0.2) is 0 Å². The summed E-state index contributed by atoms with van der Waals surface area (Å²) in [7, 11) is 0. The molecule has 0 fully saturated rings. The zero-order valence-corrected chi connectivity index (χ0v) is 7.80. The Bertz CT molecular complexity index is 303. The van der Waals surface area contributed by atoms with E-state index in [2.05, 4.69) is 15.3 Å². The van der Waals surface area contributed by atoms with E-state index in [1.54, 1.807) is 6.92 Å². The first kappa shape index (κ1) is 10.8. The first-order valence-corrected chi connectivity index (χ1v) is 4.14. The van der Waals surface area contributed by atoms with Crippen molar-refractivity contribution in [1.29, 1.82) is 0 Å². The number of hydrogen-bond acceptors (Lipinski definition) is 4. The average Bonchev–Trinajstić information content (AvgIpc) is 2.17. The van der Waals surface area contributed by atoms with Gasteiger partial charge in [0.25, 0.3) is 5.92 Å². The van der Waals surface area contributed by atoms with Crippen molar-refractivity contribution < 1.29 is 8.78 Å². The summed E-state index contributed by atoms with van der Waals surface area (Å²) in [6, 6.07) is 0. The van der Waals surface area contributed by atoms with Crippen LogP contribution < -0.4 is 11.1 Å². The molecule has 1 heterocycles. The van der Waals surface area contributed by atoms with Gasteiger partial charge in [0.05, 0.1) is 18.8 Å². The smallest absolute Gasteiger partial charge is 0.276 e. The quantitative estimate of drug-likeness (QED) is 0.757. The third-order valence-corrected chi connectivity index (χ3v) is 1.69. The lowest BCUT2D eigenvalue weighted by atomic mass is 10.3. The third kappa shape index (κ3) is 2.88. The van der Waals surface area contributed by atoms with E-state index in [-0.39, 0.29) is 0 Å². The van der Waals surface area contributed by atoms with Crippen LogP contribution in [0, 0.1) is 6.92 Å². The van der Waals surface area contributed by atoms with E-state index in [4.69, 9.17) is 5.73 Å². The van der Waals surface area contributed by atoms with Crippen molar-refractivity contribution in [2.24, 2.45) is 5.73 Å². The van der Waals surface area contributed by atoms with E-state index >= 15 is 0 Å². The summed E-state index contributed by atoms with van der Waals surface area (Å²) in [5.74, 6) is -2.55. The number of nitrogens with one attached hydrogen (secondary N) is 1. The van der Waals surface area contributed by atoms with E-state index in [1.807, 2.05) is 0 Å². The highest BCUT2D eigenvalue weighted by Gasteiger charge is 2.26. The molecule has 0 atom stereocenters. The van der Waals surface area contributed by atoms with Crippen LogP contribution in [0.25, 0.3) is 0 Å². The van der Waals surface area contributed by atoms with Crippen LogP contribution in [0.5, 0.6) is 0 Å². The molecule has 0 aliphatic rings. The van der Waals surface area contributed by atoms with Crippen LogP contribution in [-0.4, -0.2) is 29.0 Å². The molecule has 0 aliphatic heterocycles. The molecule has 6 heteroatoms. The number of nitrogens with two attached hydrogens (primary N) is 1. The van der Waals surface area contributed by atoms with Gasteiger partial charge < -0.3 is 11.1 Å². The van der Waals surface area contributed by atoms with E-state index in [0.29, 0.717) is 11.5 Å². The molecule has 78 valence electrons. The zero-order valence-electron chi connectivity index (χ0n) is 7.80. The van der Waals surface area contributed by atoms with Gasteiger partial charge in [-0.05, 0) is 6.92 Å². The fourth-order valence-corrected chi connectivity index (χ4v) is 0.866. The Balaban J connectivity index is 2.58. The Kier molecular flexibility index (Phi) is 3.29. The van der Waals surface area contributed by atoms with Gasteiger partial charge in [0.1, 0.15) is 5.82 Å². The van der Waals surface area contributed by atoms with Crippen molar-refractivity contribution in [1.82, 2.24) is 9.97 Å².